The summed E-state index contributed by atoms with van der Waals surface area (Å²) in [4.78, 5) is 0. The van der Waals surface area contributed by atoms with Crippen molar-refractivity contribution >= 4 is 12.4 Å². The fourth-order valence-electron chi connectivity index (χ4n) is 1.99. The van der Waals surface area contributed by atoms with E-state index in [0.29, 0.717) is 17.9 Å². The number of aliphatic hydroxyl groups excluding tert-OH is 1. The van der Waals surface area contributed by atoms with E-state index in [0.717, 1.165) is 18.4 Å². The highest BCUT2D eigenvalue weighted by Gasteiger charge is 2.23. The molecule has 1 aromatic rings. The molecule has 0 saturated carbocycles. The van der Waals surface area contributed by atoms with Crippen molar-refractivity contribution in [3.8, 4) is 11.5 Å². The van der Waals surface area contributed by atoms with Crippen LogP contribution in [0.3, 0.4) is 0 Å². The van der Waals surface area contributed by atoms with Gasteiger partial charge in [0.05, 0.1) is 31.9 Å². The molecule has 110 valence electrons. The summed E-state index contributed by atoms with van der Waals surface area (Å²) in [5.41, 5.74) is 6.85. The third-order valence-corrected chi connectivity index (χ3v) is 3.07. The summed E-state index contributed by atoms with van der Waals surface area (Å²) < 4.78 is 10.6. The quantitative estimate of drug-likeness (QED) is 0.810. The van der Waals surface area contributed by atoms with Gasteiger partial charge in [-0.25, -0.2) is 0 Å². The molecule has 0 heterocycles. The Bertz CT molecular complexity index is 351. The van der Waals surface area contributed by atoms with E-state index in [1.165, 1.54) is 0 Å². The lowest BCUT2D eigenvalue weighted by Crippen LogP contribution is -2.27. The molecule has 2 atom stereocenters. The largest absolute Gasteiger partial charge is 0.496 e. The summed E-state index contributed by atoms with van der Waals surface area (Å²) in [5.74, 6) is 1.30. The molecule has 0 aliphatic carbocycles. The van der Waals surface area contributed by atoms with Crippen LogP contribution in [0.15, 0.2) is 18.2 Å². The molecule has 0 saturated heterocycles. The van der Waals surface area contributed by atoms with Crippen molar-refractivity contribution in [1.82, 2.24) is 0 Å². The van der Waals surface area contributed by atoms with Crippen molar-refractivity contribution < 1.29 is 14.6 Å². The zero-order valence-electron chi connectivity index (χ0n) is 11.8. The van der Waals surface area contributed by atoms with E-state index >= 15 is 0 Å². The summed E-state index contributed by atoms with van der Waals surface area (Å²) in [5, 5.41) is 10.1. The monoisotopic (exact) mass is 289 g/mol. The molecular weight excluding hydrogens is 266 g/mol. The van der Waals surface area contributed by atoms with Crippen LogP contribution in [0.4, 0.5) is 0 Å². The first-order chi connectivity index (χ1) is 8.65. The SMILES string of the molecule is CCCC[C@@H](O)[C@@H](N)c1c(OC)cccc1OC.Cl. The fraction of sp³-hybridized carbons (Fsp3) is 0.571. The third-order valence-electron chi connectivity index (χ3n) is 3.07. The predicted molar refractivity (Wildman–Crippen MR) is 79.3 cm³/mol. The summed E-state index contributed by atoms with van der Waals surface area (Å²) in [6.45, 7) is 2.09. The summed E-state index contributed by atoms with van der Waals surface area (Å²) in [6.07, 6.45) is 2.08. The van der Waals surface area contributed by atoms with Crippen LogP contribution in [0.2, 0.25) is 0 Å². The smallest absolute Gasteiger partial charge is 0.127 e. The maximum atomic E-state index is 10.1. The molecule has 5 heteroatoms. The van der Waals surface area contributed by atoms with E-state index in [-0.39, 0.29) is 12.4 Å². The number of aliphatic hydroxyl groups is 1. The second kappa shape index (κ2) is 9.02. The Morgan fingerprint density at radius 1 is 1.21 bits per heavy atom. The van der Waals surface area contributed by atoms with E-state index in [2.05, 4.69) is 6.92 Å². The number of nitrogens with two attached hydrogens (primary N) is 1. The van der Waals surface area contributed by atoms with Crippen molar-refractivity contribution in [3.63, 3.8) is 0 Å². The Hall–Kier alpha value is -0.970. The standard InChI is InChI=1S/C14H23NO3.ClH/c1-4-5-7-10(16)14(15)13-11(17-2)8-6-9-12(13)18-3;/h6,8-10,14,16H,4-5,7,15H2,1-3H3;1H/t10-,14-;/m1./s1. The minimum absolute atomic E-state index is 0. The minimum atomic E-state index is -0.588. The lowest BCUT2D eigenvalue weighted by atomic mass is 9.96. The van der Waals surface area contributed by atoms with Gasteiger partial charge >= 0.3 is 0 Å². The second-order valence-corrected chi connectivity index (χ2v) is 4.31. The summed E-state index contributed by atoms with van der Waals surface area (Å²) >= 11 is 0. The van der Waals surface area contributed by atoms with Crippen LogP contribution in [0.25, 0.3) is 0 Å². The van der Waals surface area contributed by atoms with Crippen LogP contribution in [-0.4, -0.2) is 25.4 Å². The Morgan fingerprint density at radius 2 is 1.74 bits per heavy atom. The summed E-state index contributed by atoms with van der Waals surface area (Å²) in [7, 11) is 3.17. The predicted octanol–water partition coefficient (Wildman–Crippen LogP) is 2.68. The van der Waals surface area contributed by atoms with Crippen LogP contribution in [0.5, 0.6) is 11.5 Å². The molecule has 0 aliphatic rings. The van der Waals surface area contributed by atoms with Crippen molar-refractivity contribution in [2.24, 2.45) is 5.73 Å². The average molecular weight is 290 g/mol. The van der Waals surface area contributed by atoms with Crippen molar-refractivity contribution in [2.45, 2.75) is 38.3 Å². The fourth-order valence-corrected chi connectivity index (χ4v) is 1.99. The molecule has 0 amide bonds. The average Bonchev–Trinajstić information content (AvgIpc) is 2.42. The second-order valence-electron chi connectivity index (χ2n) is 4.31. The van der Waals surface area contributed by atoms with Gasteiger partial charge in [0.1, 0.15) is 11.5 Å². The maximum absolute atomic E-state index is 10.1. The molecule has 1 rings (SSSR count). The van der Waals surface area contributed by atoms with Crippen LogP contribution in [-0.2, 0) is 0 Å². The number of rotatable bonds is 7. The van der Waals surface area contributed by atoms with Gasteiger partial charge < -0.3 is 20.3 Å². The molecular formula is C14H24ClNO3. The molecule has 0 spiro atoms. The van der Waals surface area contributed by atoms with Crippen molar-refractivity contribution in [3.05, 3.63) is 23.8 Å². The highest BCUT2D eigenvalue weighted by atomic mass is 35.5. The topological polar surface area (TPSA) is 64.7 Å². The van der Waals surface area contributed by atoms with Gasteiger partial charge in [-0.2, -0.15) is 0 Å². The Morgan fingerprint density at radius 3 is 2.16 bits per heavy atom. The maximum Gasteiger partial charge on any atom is 0.127 e. The van der Waals surface area contributed by atoms with Gasteiger partial charge in [0.25, 0.3) is 0 Å². The summed E-state index contributed by atoms with van der Waals surface area (Å²) in [6, 6.07) is 4.99. The number of hydrogen-bond acceptors (Lipinski definition) is 4. The zero-order chi connectivity index (χ0) is 13.5. The normalized spacial score (nSPS) is 13.3. The van der Waals surface area contributed by atoms with Gasteiger partial charge in [-0.15, -0.1) is 12.4 Å². The van der Waals surface area contributed by atoms with Crippen LogP contribution >= 0.6 is 12.4 Å². The molecule has 0 bridgehead atoms. The molecule has 0 aliphatic heterocycles. The van der Waals surface area contributed by atoms with Crippen molar-refractivity contribution in [2.75, 3.05) is 14.2 Å². The van der Waals surface area contributed by atoms with Gasteiger partial charge in [0, 0.05) is 0 Å². The van der Waals surface area contributed by atoms with Gasteiger partial charge in [-0.3, -0.25) is 0 Å². The van der Waals surface area contributed by atoms with E-state index in [1.807, 2.05) is 18.2 Å². The molecule has 0 unspecified atom stereocenters. The zero-order valence-corrected chi connectivity index (χ0v) is 12.6. The minimum Gasteiger partial charge on any atom is -0.496 e. The lowest BCUT2D eigenvalue weighted by Gasteiger charge is -2.23. The Balaban J connectivity index is 0.00000324. The first-order valence-electron chi connectivity index (χ1n) is 6.30. The van der Waals surface area contributed by atoms with Crippen LogP contribution < -0.4 is 15.2 Å². The number of halogens is 1. The molecule has 4 nitrogen and oxygen atoms in total. The van der Waals surface area contributed by atoms with E-state index in [4.69, 9.17) is 15.2 Å². The number of methoxy groups -OCH3 is 2. The van der Waals surface area contributed by atoms with Gasteiger partial charge in [0.15, 0.2) is 0 Å². The van der Waals surface area contributed by atoms with Gasteiger partial charge in [-0.05, 0) is 18.6 Å². The van der Waals surface area contributed by atoms with Gasteiger partial charge in [-0.1, -0.05) is 25.8 Å². The first kappa shape index (κ1) is 18.0. The van der Waals surface area contributed by atoms with Crippen LogP contribution in [0, 0.1) is 0 Å². The van der Waals surface area contributed by atoms with Crippen LogP contribution in [0.1, 0.15) is 37.8 Å². The Kier molecular flexibility index (Phi) is 8.56. The molecule has 1 aromatic carbocycles. The van der Waals surface area contributed by atoms with Gasteiger partial charge in [0.2, 0.25) is 0 Å². The number of unbranched alkanes of at least 4 members (excludes halogenated alkanes) is 1. The van der Waals surface area contributed by atoms with E-state index < -0.39 is 12.1 Å². The van der Waals surface area contributed by atoms with Crippen molar-refractivity contribution in [1.29, 1.82) is 0 Å². The number of ether oxygens (including phenoxy) is 2. The molecule has 0 aromatic heterocycles. The van der Waals surface area contributed by atoms with E-state index in [1.54, 1.807) is 14.2 Å². The van der Waals surface area contributed by atoms with E-state index in [9.17, 15) is 5.11 Å². The Labute approximate surface area is 121 Å². The molecule has 0 fully saturated rings. The molecule has 3 N–H and O–H groups in total. The number of benzene rings is 1. The molecule has 19 heavy (non-hydrogen) atoms. The molecule has 0 radical (unpaired) electrons. The highest BCUT2D eigenvalue weighted by Crippen LogP contribution is 2.35. The number of hydrogen-bond donors (Lipinski definition) is 2. The lowest BCUT2D eigenvalue weighted by molar-refractivity contribution is 0.130. The third kappa shape index (κ3) is 4.56. The highest BCUT2D eigenvalue weighted by molar-refractivity contribution is 5.85. The first-order valence-corrected chi connectivity index (χ1v) is 6.30.